The number of Topliss-reactive ketones (excluding diaryl/α,β-unsaturated/α-hetero) is 1. The zero-order valence-electron chi connectivity index (χ0n) is 10.6. The molecule has 3 heteroatoms. The molecule has 2 rings (SSSR count). The van der Waals surface area contributed by atoms with Crippen LogP contribution in [0.3, 0.4) is 0 Å². The molecular weight excluding hydrogens is 258 g/mol. The predicted molar refractivity (Wildman–Crippen MR) is 79.6 cm³/mol. The van der Waals surface area contributed by atoms with E-state index >= 15 is 0 Å². The molecule has 0 heterocycles. The molecule has 0 saturated heterocycles. The maximum Gasteiger partial charge on any atom is 0.163 e. The van der Waals surface area contributed by atoms with Crippen LogP contribution in [0.25, 0.3) is 0 Å². The summed E-state index contributed by atoms with van der Waals surface area (Å²) in [6.07, 6.45) is 2.24. The summed E-state index contributed by atoms with van der Waals surface area (Å²) in [6, 6.07) is 15.1. The van der Waals surface area contributed by atoms with Crippen LogP contribution in [0.4, 0.5) is 5.69 Å². The van der Waals surface area contributed by atoms with E-state index in [1.54, 1.807) is 18.2 Å². The molecule has 0 spiro atoms. The Morgan fingerprint density at radius 1 is 1.11 bits per heavy atom. The van der Waals surface area contributed by atoms with Crippen LogP contribution in [0.15, 0.2) is 48.5 Å². The third-order valence-corrected chi connectivity index (χ3v) is 3.17. The number of nitrogen functional groups attached to an aromatic ring is 1. The number of carbonyl (C=O) groups is 1. The van der Waals surface area contributed by atoms with Crippen LogP contribution in [-0.2, 0) is 6.42 Å². The molecule has 0 bridgehead atoms. The van der Waals surface area contributed by atoms with Gasteiger partial charge in [0.15, 0.2) is 5.78 Å². The lowest BCUT2D eigenvalue weighted by atomic mass is 10.0. The van der Waals surface area contributed by atoms with Crippen LogP contribution in [0.2, 0.25) is 5.02 Å². The Bertz CT molecular complexity index is 546. The predicted octanol–water partition coefficient (Wildman–Crippen LogP) is 4.13. The largest absolute Gasteiger partial charge is 0.399 e. The smallest absolute Gasteiger partial charge is 0.163 e. The normalized spacial score (nSPS) is 10.4. The van der Waals surface area contributed by atoms with Crippen LogP contribution in [-0.4, -0.2) is 5.78 Å². The molecule has 2 aromatic carbocycles. The van der Waals surface area contributed by atoms with Crippen molar-refractivity contribution in [2.24, 2.45) is 0 Å². The lowest BCUT2D eigenvalue weighted by Crippen LogP contribution is -2.01. The second-order valence-corrected chi connectivity index (χ2v) is 4.97. The molecule has 0 radical (unpaired) electrons. The molecule has 0 unspecified atom stereocenters. The summed E-state index contributed by atoms with van der Waals surface area (Å²) in [4.78, 5) is 12.0. The fourth-order valence-electron chi connectivity index (χ4n) is 2.02. The lowest BCUT2D eigenvalue weighted by Gasteiger charge is -2.04. The number of benzene rings is 2. The van der Waals surface area contributed by atoms with E-state index in [1.165, 1.54) is 5.56 Å². The highest BCUT2D eigenvalue weighted by atomic mass is 35.5. The maximum absolute atomic E-state index is 12.0. The van der Waals surface area contributed by atoms with Gasteiger partial charge in [-0.15, -0.1) is 0 Å². The topological polar surface area (TPSA) is 43.1 Å². The van der Waals surface area contributed by atoms with Gasteiger partial charge in [-0.05, 0) is 36.6 Å². The van der Waals surface area contributed by atoms with Gasteiger partial charge in [-0.1, -0.05) is 41.9 Å². The fourth-order valence-corrected chi connectivity index (χ4v) is 2.26. The number of anilines is 1. The molecule has 0 aromatic heterocycles. The molecule has 2 N–H and O–H groups in total. The monoisotopic (exact) mass is 273 g/mol. The Morgan fingerprint density at radius 3 is 2.53 bits per heavy atom. The summed E-state index contributed by atoms with van der Waals surface area (Å²) in [5.41, 5.74) is 8.05. The highest BCUT2D eigenvalue weighted by Crippen LogP contribution is 2.18. The van der Waals surface area contributed by atoms with Crippen molar-refractivity contribution in [3.05, 3.63) is 64.7 Å². The Hall–Kier alpha value is -1.80. The van der Waals surface area contributed by atoms with Crippen molar-refractivity contribution in [2.75, 3.05) is 5.73 Å². The van der Waals surface area contributed by atoms with Gasteiger partial charge in [0.1, 0.15) is 0 Å². The number of hydrogen-bond donors (Lipinski definition) is 1. The first-order valence-corrected chi connectivity index (χ1v) is 6.66. The van der Waals surface area contributed by atoms with Gasteiger partial charge < -0.3 is 5.73 Å². The molecule has 0 saturated carbocycles. The molecule has 0 atom stereocenters. The van der Waals surface area contributed by atoms with Gasteiger partial charge >= 0.3 is 0 Å². The van der Waals surface area contributed by atoms with Crippen molar-refractivity contribution in [1.82, 2.24) is 0 Å². The quantitative estimate of drug-likeness (QED) is 0.657. The molecule has 0 aliphatic carbocycles. The number of carbonyl (C=O) groups excluding carboxylic acids is 1. The van der Waals surface area contributed by atoms with Crippen LogP contribution < -0.4 is 5.73 Å². The maximum atomic E-state index is 12.0. The first-order valence-electron chi connectivity index (χ1n) is 6.28. The van der Waals surface area contributed by atoms with Crippen LogP contribution in [0, 0.1) is 0 Å². The number of aryl methyl sites for hydroxylation is 1. The van der Waals surface area contributed by atoms with Crippen molar-refractivity contribution in [1.29, 1.82) is 0 Å². The molecule has 0 amide bonds. The van der Waals surface area contributed by atoms with Crippen molar-refractivity contribution >= 4 is 23.1 Å². The highest BCUT2D eigenvalue weighted by Gasteiger charge is 2.07. The zero-order chi connectivity index (χ0) is 13.7. The molecule has 2 nitrogen and oxygen atoms in total. The number of ketones is 1. The van der Waals surface area contributed by atoms with E-state index in [0.29, 0.717) is 22.7 Å². The van der Waals surface area contributed by atoms with E-state index < -0.39 is 0 Å². The van der Waals surface area contributed by atoms with Crippen molar-refractivity contribution in [2.45, 2.75) is 19.3 Å². The van der Waals surface area contributed by atoms with E-state index in [9.17, 15) is 4.79 Å². The summed E-state index contributed by atoms with van der Waals surface area (Å²) in [5.74, 6) is 0.0881. The minimum Gasteiger partial charge on any atom is -0.399 e. The summed E-state index contributed by atoms with van der Waals surface area (Å²) >= 11 is 5.89. The fraction of sp³-hybridized carbons (Fsp3) is 0.188. The first kappa shape index (κ1) is 13.6. The number of nitrogens with two attached hydrogens (primary N) is 1. The summed E-state index contributed by atoms with van der Waals surface area (Å²) in [7, 11) is 0. The molecular formula is C16H16ClNO. The minimum atomic E-state index is 0.0881. The van der Waals surface area contributed by atoms with Crippen molar-refractivity contribution in [3.8, 4) is 0 Å². The van der Waals surface area contributed by atoms with Gasteiger partial charge in [-0.3, -0.25) is 4.79 Å². The van der Waals surface area contributed by atoms with Gasteiger partial charge in [0, 0.05) is 22.7 Å². The van der Waals surface area contributed by atoms with Crippen LogP contribution >= 0.6 is 11.6 Å². The zero-order valence-corrected chi connectivity index (χ0v) is 11.4. The molecule has 19 heavy (non-hydrogen) atoms. The lowest BCUT2D eigenvalue weighted by molar-refractivity contribution is 0.0980. The standard InChI is InChI=1S/C16H16ClNO/c17-14-9-13(10-15(18)11-14)16(19)8-4-7-12-5-2-1-3-6-12/h1-3,5-6,9-11H,4,7-8,18H2. The Kier molecular flexibility index (Phi) is 4.58. The average Bonchev–Trinajstić information content (AvgIpc) is 2.38. The highest BCUT2D eigenvalue weighted by molar-refractivity contribution is 6.31. The van der Waals surface area contributed by atoms with Crippen molar-refractivity contribution in [3.63, 3.8) is 0 Å². The van der Waals surface area contributed by atoms with Gasteiger partial charge in [-0.25, -0.2) is 0 Å². The van der Waals surface area contributed by atoms with E-state index in [2.05, 4.69) is 12.1 Å². The molecule has 0 aliphatic rings. The molecule has 2 aromatic rings. The van der Waals surface area contributed by atoms with Gasteiger partial charge in [0.05, 0.1) is 0 Å². The Labute approximate surface area is 118 Å². The minimum absolute atomic E-state index is 0.0881. The van der Waals surface area contributed by atoms with Gasteiger partial charge in [-0.2, -0.15) is 0 Å². The van der Waals surface area contributed by atoms with E-state index in [4.69, 9.17) is 17.3 Å². The molecule has 98 valence electrons. The van der Waals surface area contributed by atoms with Crippen LogP contribution in [0.5, 0.6) is 0 Å². The summed E-state index contributed by atoms with van der Waals surface area (Å²) in [5, 5.41) is 0.506. The first-order chi connectivity index (χ1) is 9.15. The Balaban J connectivity index is 1.91. The molecule has 0 aliphatic heterocycles. The second-order valence-electron chi connectivity index (χ2n) is 4.54. The second kappa shape index (κ2) is 6.39. The summed E-state index contributed by atoms with van der Waals surface area (Å²) in [6.45, 7) is 0. The molecule has 0 fully saturated rings. The summed E-state index contributed by atoms with van der Waals surface area (Å²) < 4.78 is 0. The van der Waals surface area contributed by atoms with Gasteiger partial charge in [0.2, 0.25) is 0 Å². The number of hydrogen-bond acceptors (Lipinski definition) is 2. The van der Waals surface area contributed by atoms with Crippen molar-refractivity contribution < 1.29 is 4.79 Å². The van der Waals surface area contributed by atoms with Crippen LogP contribution in [0.1, 0.15) is 28.8 Å². The van der Waals surface area contributed by atoms with E-state index in [1.807, 2.05) is 18.2 Å². The average molecular weight is 274 g/mol. The Morgan fingerprint density at radius 2 is 1.84 bits per heavy atom. The number of rotatable bonds is 5. The SMILES string of the molecule is Nc1cc(Cl)cc(C(=O)CCCc2ccccc2)c1. The van der Waals surface area contributed by atoms with E-state index in [0.717, 1.165) is 12.8 Å². The van der Waals surface area contributed by atoms with E-state index in [-0.39, 0.29) is 5.78 Å². The van der Waals surface area contributed by atoms with Gasteiger partial charge in [0.25, 0.3) is 0 Å². The third kappa shape index (κ3) is 4.11. The third-order valence-electron chi connectivity index (χ3n) is 2.95. The number of halogens is 1.